The van der Waals surface area contributed by atoms with Crippen molar-refractivity contribution < 1.29 is 19.5 Å². The van der Waals surface area contributed by atoms with Gasteiger partial charge in [0.1, 0.15) is 6.23 Å². The summed E-state index contributed by atoms with van der Waals surface area (Å²) in [5, 5.41) is 9.57. The molecule has 0 spiro atoms. The summed E-state index contributed by atoms with van der Waals surface area (Å²) < 4.78 is 0. The molecule has 2 aliphatic rings. The molecule has 19 heavy (non-hydrogen) atoms. The second-order valence-corrected chi connectivity index (χ2v) is 5.11. The van der Waals surface area contributed by atoms with Gasteiger partial charge in [0.25, 0.3) is 0 Å². The number of aliphatic hydroxyl groups is 1. The number of likely N-dealkylation sites (tertiary alicyclic amines) is 2. The van der Waals surface area contributed by atoms with Crippen molar-refractivity contribution in [3.63, 3.8) is 0 Å². The maximum Gasteiger partial charge on any atom is 0.229 e. The first-order valence-electron chi connectivity index (χ1n) is 6.90. The van der Waals surface area contributed by atoms with Gasteiger partial charge < -0.3 is 10.0 Å². The molecule has 0 aliphatic carbocycles. The lowest BCUT2D eigenvalue weighted by atomic mass is 10.2. The molecule has 2 rings (SSSR count). The number of imide groups is 1. The van der Waals surface area contributed by atoms with Crippen LogP contribution in [0.15, 0.2) is 0 Å². The molecule has 0 aromatic heterocycles. The van der Waals surface area contributed by atoms with Crippen LogP contribution < -0.4 is 0 Å². The lowest BCUT2D eigenvalue weighted by molar-refractivity contribution is -0.138. The van der Waals surface area contributed by atoms with Crippen LogP contribution in [0.5, 0.6) is 0 Å². The second-order valence-electron chi connectivity index (χ2n) is 5.11. The van der Waals surface area contributed by atoms with Crippen LogP contribution in [0, 0.1) is 0 Å². The zero-order valence-electron chi connectivity index (χ0n) is 11.0. The van der Waals surface area contributed by atoms with Gasteiger partial charge in [-0.1, -0.05) is 0 Å². The topological polar surface area (TPSA) is 77.9 Å². The summed E-state index contributed by atoms with van der Waals surface area (Å²) in [6.45, 7) is 1.04. The summed E-state index contributed by atoms with van der Waals surface area (Å²) in [4.78, 5) is 37.0. The Hall–Kier alpha value is -1.43. The maximum atomic E-state index is 11.4. The smallest absolute Gasteiger partial charge is 0.229 e. The highest BCUT2D eigenvalue weighted by molar-refractivity contribution is 6.01. The summed E-state index contributed by atoms with van der Waals surface area (Å²) in [6.07, 6.45) is 3.39. The quantitative estimate of drug-likeness (QED) is 0.553. The lowest BCUT2D eigenvalue weighted by Gasteiger charge is -2.20. The van der Waals surface area contributed by atoms with Crippen molar-refractivity contribution in [1.29, 1.82) is 0 Å². The number of aliphatic hydroxyl groups excluding tert-OH is 1. The van der Waals surface area contributed by atoms with Crippen LogP contribution in [0.2, 0.25) is 0 Å². The number of carbonyl (C=O) groups is 3. The van der Waals surface area contributed by atoms with E-state index in [1.165, 1.54) is 9.80 Å². The van der Waals surface area contributed by atoms with Crippen molar-refractivity contribution in [3.05, 3.63) is 0 Å². The Morgan fingerprint density at radius 1 is 0.895 bits per heavy atom. The summed E-state index contributed by atoms with van der Waals surface area (Å²) in [7, 11) is 0. The number of nitrogens with zero attached hydrogens (tertiary/aromatic N) is 2. The van der Waals surface area contributed by atoms with Crippen molar-refractivity contribution in [2.45, 2.75) is 51.2 Å². The number of hydrogen-bond acceptors (Lipinski definition) is 4. The Bertz CT molecular complexity index is 367. The van der Waals surface area contributed by atoms with Crippen molar-refractivity contribution in [2.75, 3.05) is 13.1 Å². The van der Waals surface area contributed by atoms with Gasteiger partial charge >= 0.3 is 0 Å². The van der Waals surface area contributed by atoms with Crippen molar-refractivity contribution in [2.24, 2.45) is 0 Å². The average molecular weight is 268 g/mol. The third-order valence-corrected chi connectivity index (χ3v) is 3.73. The molecule has 2 fully saturated rings. The van der Waals surface area contributed by atoms with E-state index in [4.69, 9.17) is 0 Å². The minimum Gasteiger partial charge on any atom is -0.374 e. The van der Waals surface area contributed by atoms with Crippen LogP contribution in [-0.2, 0) is 14.4 Å². The first-order chi connectivity index (χ1) is 9.09. The Morgan fingerprint density at radius 2 is 1.53 bits per heavy atom. The minimum absolute atomic E-state index is 0.0115. The molecule has 6 heteroatoms. The molecule has 3 amide bonds. The molecule has 1 unspecified atom stereocenters. The van der Waals surface area contributed by atoms with Crippen LogP contribution in [0.3, 0.4) is 0 Å². The van der Waals surface area contributed by atoms with E-state index in [2.05, 4.69) is 0 Å². The summed E-state index contributed by atoms with van der Waals surface area (Å²) >= 11 is 0. The zero-order valence-corrected chi connectivity index (χ0v) is 11.0. The summed E-state index contributed by atoms with van der Waals surface area (Å²) in [6, 6.07) is 0. The zero-order chi connectivity index (χ0) is 13.8. The van der Waals surface area contributed by atoms with Crippen molar-refractivity contribution in [1.82, 2.24) is 9.80 Å². The number of carbonyl (C=O) groups excluding carboxylic acids is 3. The van der Waals surface area contributed by atoms with Gasteiger partial charge in [-0.15, -0.1) is 0 Å². The number of amides is 3. The van der Waals surface area contributed by atoms with Gasteiger partial charge in [0.2, 0.25) is 17.7 Å². The summed E-state index contributed by atoms with van der Waals surface area (Å²) in [5.41, 5.74) is 0. The molecule has 0 aromatic rings. The van der Waals surface area contributed by atoms with Crippen molar-refractivity contribution in [3.8, 4) is 0 Å². The molecular formula is C13H20N2O4. The first-order valence-corrected chi connectivity index (χ1v) is 6.90. The molecule has 106 valence electrons. The van der Waals surface area contributed by atoms with Crippen LogP contribution >= 0.6 is 0 Å². The maximum absolute atomic E-state index is 11.4. The molecule has 2 heterocycles. The van der Waals surface area contributed by atoms with Crippen LogP contribution in [-0.4, -0.2) is 51.9 Å². The van der Waals surface area contributed by atoms with E-state index >= 15 is 0 Å². The Morgan fingerprint density at radius 3 is 2.11 bits per heavy atom. The fourth-order valence-electron chi connectivity index (χ4n) is 2.59. The summed E-state index contributed by atoms with van der Waals surface area (Å²) in [5.74, 6) is -0.136. The molecule has 0 bridgehead atoms. The molecule has 2 saturated heterocycles. The van der Waals surface area contributed by atoms with Gasteiger partial charge in [0.15, 0.2) is 0 Å². The molecule has 0 saturated carbocycles. The first kappa shape index (κ1) is 14.0. The van der Waals surface area contributed by atoms with E-state index in [1.54, 1.807) is 0 Å². The molecule has 1 N–H and O–H groups in total. The molecule has 0 radical (unpaired) electrons. The van der Waals surface area contributed by atoms with Gasteiger partial charge in [0, 0.05) is 38.8 Å². The second kappa shape index (κ2) is 6.14. The highest BCUT2D eigenvalue weighted by Gasteiger charge is 2.29. The van der Waals surface area contributed by atoms with Gasteiger partial charge in [-0.05, 0) is 19.3 Å². The monoisotopic (exact) mass is 268 g/mol. The third-order valence-electron chi connectivity index (χ3n) is 3.73. The molecule has 0 aromatic carbocycles. The van der Waals surface area contributed by atoms with Crippen LogP contribution in [0.1, 0.15) is 44.9 Å². The van der Waals surface area contributed by atoms with E-state index in [0.717, 1.165) is 19.3 Å². The Balaban J connectivity index is 1.61. The number of rotatable bonds is 6. The van der Waals surface area contributed by atoms with Crippen LogP contribution in [0.4, 0.5) is 0 Å². The fraction of sp³-hybridized carbons (Fsp3) is 0.769. The average Bonchev–Trinajstić information content (AvgIpc) is 2.86. The Labute approximate surface area is 112 Å². The highest BCUT2D eigenvalue weighted by Crippen LogP contribution is 2.17. The van der Waals surface area contributed by atoms with Gasteiger partial charge in [-0.3, -0.25) is 19.3 Å². The Kier molecular flexibility index (Phi) is 4.52. The van der Waals surface area contributed by atoms with Gasteiger partial charge in [-0.25, -0.2) is 0 Å². The predicted molar refractivity (Wildman–Crippen MR) is 66.8 cm³/mol. The standard InChI is InChI=1S/C13H20N2O4/c16-10-4-5-11(17)14(10)8-2-1-3-9-15-12(18)6-7-13(15)19/h10,16H,1-9H2. The highest BCUT2D eigenvalue weighted by atomic mass is 16.3. The van der Waals surface area contributed by atoms with E-state index in [9.17, 15) is 19.5 Å². The SMILES string of the molecule is O=C1CCC(=O)N1CCCCCN1C(=O)CCC1O. The predicted octanol–water partition coefficient (Wildman–Crippen LogP) is 0.246. The molecular weight excluding hydrogens is 248 g/mol. The van der Waals surface area contributed by atoms with E-state index < -0.39 is 6.23 Å². The largest absolute Gasteiger partial charge is 0.374 e. The number of unbranched alkanes of at least 4 members (excludes halogenated alkanes) is 2. The minimum atomic E-state index is -0.630. The number of hydrogen-bond donors (Lipinski definition) is 1. The van der Waals surface area contributed by atoms with E-state index in [0.29, 0.717) is 38.8 Å². The van der Waals surface area contributed by atoms with Crippen LogP contribution in [0.25, 0.3) is 0 Å². The van der Waals surface area contributed by atoms with E-state index in [1.807, 2.05) is 0 Å². The molecule has 2 aliphatic heterocycles. The van der Waals surface area contributed by atoms with E-state index in [-0.39, 0.29) is 17.7 Å². The van der Waals surface area contributed by atoms with Gasteiger partial charge in [0.05, 0.1) is 0 Å². The fourth-order valence-corrected chi connectivity index (χ4v) is 2.59. The normalized spacial score (nSPS) is 23.8. The molecule has 1 atom stereocenters. The van der Waals surface area contributed by atoms with Gasteiger partial charge in [-0.2, -0.15) is 0 Å². The molecule has 6 nitrogen and oxygen atoms in total. The third kappa shape index (κ3) is 3.32. The van der Waals surface area contributed by atoms with Crippen molar-refractivity contribution >= 4 is 17.7 Å². The lowest BCUT2D eigenvalue weighted by Crippen LogP contribution is -2.33.